The van der Waals surface area contributed by atoms with Gasteiger partial charge in [-0.2, -0.15) is 0 Å². The molecule has 0 unspecified atom stereocenters. The van der Waals surface area contributed by atoms with Crippen molar-refractivity contribution in [2.24, 2.45) is 0 Å². The van der Waals surface area contributed by atoms with Crippen LogP contribution >= 0.6 is 11.8 Å². The Labute approximate surface area is 150 Å². The normalized spacial score (nSPS) is 21.0. The average molecular weight is 354 g/mol. The molecule has 0 bridgehead atoms. The summed E-state index contributed by atoms with van der Waals surface area (Å²) in [6.45, 7) is 0.365. The number of carbonyl (C=O) groups excluding carboxylic acids is 2. The minimum atomic E-state index is -0.872. The summed E-state index contributed by atoms with van der Waals surface area (Å²) in [5.41, 5.74) is 1.74. The van der Waals surface area contributed by atoms with Crippen LogP contribution in [0.25, 0.3) is 0 Å². The second-order valence-electron chi connectivity index (χ2n) is 6.08. The number of anilines is 1. The first-order valence-electron chi connectivity index (χ1n) is 8.17. The molecule has 1 N–H and O–H groups in total. The van der Waals surface area contributed by atoms with Crippen LogP contribution in [-0.4, -0.2) is 23.8 Å². The van der Waals surface area contributed by atoms with Crippen LogP contribution in [0.4, 0.5) is 5.69 Å². The Kier molecular flexibility index (Phi) is 3.92. The fourth-order valence-electron chi connectivity index (χ4n) is 3.46. The molecule has 2 heterocycles. The molecule has 0 spiro atoms. The van der Waals surface area contributed by atoms with Crippen LogP contribution in [0.2, 0.25) is 0 Å². The van der Waals surface area contributed by atoms with Crippen molar-refractivity contribution in [3.8, 4) is 5.75 Å². The number of rotatable bonds is 4. The molecule has 2 aliphatic rings. The Morgan fingerprint density at radius 3 is 2.84 bits per heavy atom. The molecule has 4 rings (SSSR count). The molecule has 5 nitrogen and oxygen atoms in total. The fraction of sp³-hybridized carbons (Fsp3) is 0.263. The third-order valence-electron chi connectivity index (χ3n) is 4.66. The van der Waals surface area contributed by atoms with Gasteiger partial charge in [0.05, 0.1) is 12.8 Å². The highest BCUT2D eigenvalue weighted by Gasteiger charge is 2.57. The van der Waals surface area contributed by atoms with Crippen molar-refractivity contribution in [2.75, 3.05) is 12.0 Å². The SMILES string of the molecule is COc1ccccc1CNC(=O)[C@]12CCC(=O)N1c1ccccc1S2. The maximum Gasteiger partial charge on any atom is 0.257 e. The van der Waals surface area contributed by atoms with E-state index in [1.54, 1.807) is 12.0 Å². The van der Waals surface area contributed by atoms with E-state index in [-0.39, 0.29) is 11.8 Å². The van der Waals surface area contributed by atoms with Gasteiger partial charge in [-0.1, -0.05) is 42.1 Å². The van der Waals surface area contributed by atoms with Gasteiger partial charge in [0, 0.05) is 23.4 Å². The third-order valence-corrected chi connectivity index (χ3v) is 6.13. The number of amides is 2. The van der Waals surface area contributed by atoms with E-state index in [0.717, 1.165) is 21.9 Å². The minimum absolute atomic E-state index is 0.00453. The number of methoxy groups -OCH3 is 1. The van der Waals surface area contributed by atoms with Crippen molar-refractivity contribution in [1.82, 2.24) is 5.32 Å². The Morgan fingerprint density at radius 1 is 1.24 bits per heavy atom. The standard InChI is InChI=1S/C19H18N2O3S/c1-24-15-8-4-2-6-13(15)12-20-18(23)19-11-10-17(22)21(19)14-7-3-5-9-16(14)25-19/h2-9H,10-12H2,1H3,(H,20,23)/t19-/m1/s1. The third kappa shape index (κ3) is 2.48. The van der Waals surface area contributed by atoms with Gasteiger partial charge in [-0.15, -0.1) is 0 Å². The lowest BCUT2D eigenvalue weighted by atomic mass is 10.1. The Hall–Kier alpha value is -2.47. The quantitative estimate of drug-likeness (QED) is 0.917. The van der Waals surface area contributed by atoms with Gasteiger partial charge in [0.25, 0.3) is 5.91 Å². The van der Waals surface area contributed by atoms with Gasteiger partial charge in [0.15, 0.2) is 4.87 Å². The number of nitrogens with zero attached hydrogens (tertiary/aromatic N) is 1. The highest BCUT2D eigenvalue weighted by molar-refractivity contribution is 8.02. The van der Waals surface area contributed by atoms with Crippen LogP contribution in [0, 0.1) is 0 Å². The highest BCUT2D eigenvalue weighted by atomic mass is 32.2. The monoisotopic (exact) mass is 354 g/mol. The smallest absolute Gasteiger partial charge is 0.257 e. The molecule has 0 aliphatic carbocycles. The van der Waals surface area contributed by atoms with E-state index >= 15 is 0 Å². The summed E-state index contributed by atoms with van der Waals surface area (Å²) in [7, 11) is 1.61. The molecule has 2 aromatic rings. The maximum absolute atomic E-state index is 13.1. The number of hydrogen-bond acceptors (Lipinski definition) is 4. The van der Waals surface area contributed by atoms with Crippen molar-refractivity contribution in [3.63, 3.8) is 0 Å². The first-order valence-corrected chi connectivity index (χ1v) is 8.99. The number of thioether (sulfide) groups is 1. The number of nitrogens with one attached hydrogen (secondary N) is 1. The molecule has 25 heavy (non-hydrogen) atoms. The molecule has 128 valence electrons. The lowest BCUT2D eigenvalue weighted by molar-refractivity contribution is -0.124. The van der Waals surface area contributed by atoms with Crippen LogP contribution in [0.5, 0.6) is 5.75 Å². The van der Waals surface area contributed by atoms with Crippen LogP contribution in [-0.2, 0) is 16.1 Å². The van der Waals surface area contributed by atoms with Crippen molar-refractivity contribution < 1.29 is 14.3 Å². The van der Waals surface area contributed by atoms with E-state index in [4.69, 9.17) is 4.74 Å². The Balaban J connectivity index is 1.59. The Morgan fingerprint density at radius 2 is 2.00 bits per heavy atom. The van der Waals surface area contributed by atoms with Gasteiger partial charge < -0.3 is 10.1 Å². The zero-order valence-corrected chi connectivity index (χ0v) is 14.6. The molecule has 0 saturated carbocycles. The first-order chi connectivity index (χ1) is 12.2. The van der Waals surface area contributed by atoms with Crippen LogP contribution < -0.4 is 15.0 Å². The van der Waals surface area contributed by atoms with Crippen molar-refractivity contribution in [1.29, 1.82) is 0 Å². The number of fused-ring (bicyclic) bond motifs is 3. The largest absolute Gasteiger partial charge is 0.496 e. The topological polar surface area (TPSA) is 58.6 Å². The predicted molar refractivity (Wildman–Crippen MR) is 96.6 cm³/mol. The molecule has 6 heteroatoms. The summed E-state index contributed by atoms with van der Waals surface area (Å²) < 4.78 is 5.33. The summed E-state index contributed by atoms with van der Waals surface area (Å²) in [6.07, 6.45) is 0.909. The highest BCUT2D eigenvalue weighted by Crippen LogP contribution is 2.55. The molecule has 2 aromatic carbocycles. The number of ether oxygens (including phenoxy) is 1. The number of carbonyl (C=O) groups is 2. The summed E-state index contributed by atoms with van der Waals surface area (Å²) in [5, 5.41) is 3.00. The summed E-state index contributed by atoms with van der Waals surface area (Å²) >= 11 is 1.47. The second-order valence-corrected chi connectivity index (χ2v) is 7.40. The van der Waals surface area contributed by atoms with E-state index in [0.29, 0.717) is 19.4 Å². The van der Waals surface area contributed by atoms with E-state index in [9.17, 15) is 9.59 Å². The van der Waals surface area contributed by atoms with Crippen molar-refractivity contribution in [2.45, 2.75) is 29.2 Å². The minimum Gasteiger partial charge on any atom is -0.496 e. The first kappa shape index (κ1) is 16.0. The zero-order valence-electron chi connectivity index (χ0n) is 13.8. The molecular formula is C19H18N2O3S. The van der Waals surface area contributed by atoms with E-state index in [2.05, 4.69) is 5.32 Å². The van der Waals surface area contributed by atoms with Gasteiger partial charge in [0.1, 0.15) is 5.75 Å². The van der Waals surface area contributed by atoms with Crippen molar-refractivity contribution >= 4 is 29.3 Å². The van der Waals surface area contributed by atoms with Crippen molar-refractivity contribution in [3.05, 3.63) is 54.1 Å². The van der Waals surface area contributed by atoms with Gasteiger partial charge >= 0.3 is 0 Å². The number of hydrogen-bond donors (Lipinski definition) is 1. The summed E-state index contributed by atoms with van der Waals surface area (Å²) in [6, 6.07) is 15.3. The second kappa shape index (κ2) is 6.11. The molecule has 1 fully saturated rings. The molecular weight excluding hydrogens is 336 g/mol. The van der Waals surface area contributed by atoms with E-state index < -0.39 is 4.87 Å². The van der Waals surface area contributed by atoms with Gasteiger partial charge in [-0.05, 0) is 24.6 Å². The lowest BCUT2D eigenvalue weighted by Gasteiger charge is -2.29. The predicted octanol–water partition coefficient (Wildman–Crippen LogP) is 2.94. The zero-order chi connectivity index (χ0) is 17.4. The number of para-hydroxylation sites is 2. The van der Waals surface area contributed by atoms with E-state index in [1.807, 2.05) is 48.5 Å². The molecule has 1 atom stereocenters. The van der Waals surface area contributed by atoms with E-state index in [1.165, 1.54) is 11.8 Å². The molecule has 0 aromatic heterocycles. The summed E-state index contributed by atoms with van der Waals surface area (Å²) in [4.78, 5) is 27.3. The Bertz CT molecular complexity index is 854. The van der Waals surface area contributed by atoms with Crippen LogP contribution in [0.3, 0.4) is 0 Å². The average Bonchev–Trinajstić information content (AvgIpc) is 3.16. The van der Waals surface area contributed by atoms with Gasteiger partial charge in [0.2, 0.25) is 5.91 Å². The van der Waals surface area contributed by atoms with Gasteiger partial charge in [-0.25, -0.2) is 0 Å². The molecule has 1 saturated heterocycles. The fourth-order valence-corrected chi connectivity index (χ4v) is 4.90. The number of benzene rings is 2. The lowest BCUT2D eigenvalue weighted by Crippen LogP contribution is -2.52. The molecule has 2 aliphatic heterocycles. The van der Waals surface area contributed by atoms with Gasteiger partial charge in [-0.3, -0.25) is 14.5 Å². The summed E-state index contributed by atoms with van der Waals surface area (Å²) in [5.74, 6) is 0.609. The molecule has 2 amide bonds. The maximum atomic E-state index is 13.1. The van der Waals surface area contributed by atoms with Crippen LogP contribution in [0.15, 0.2) is 53.4 Å². The molecule has 0 radical (unpaired) electrons. The van der Waals surface area contributed by atoms with Crippen LogP contribution in [0.1, 0.15) is 18.4 Å².